The van der Waals surface area contributed by atoms with E-state index in [4.69, 9.17) is 4.74 Å². The van der Waals surface area contributed by atoms with Crippen molar-refractivity contribution in [1.29, 1.82) is 0 Å². The molecule has 0 saturated carbocycles. The maximum Gasteiger partial charge on any atom is 0.193 e. The smallest absolute Gasteiger partial charge is 0.193 e. The molecule has 2 unspecified atom stereocenters. The zero-order valence-electron chi connectivity index (χ0n) is 17.8. The van der Waals surface area contributed by atoms with Gasteiger partial charge in [0.2, 0.25) is 0 Å². The molecule has 1 N–H and O–H groups in total. The van der Waals surface area contributed by atoms with Crippen molar-refractivity contribution in [1.82, 2.24) is 15.2 Å². The van der Waals surface area contributed by atoms with Gasteiger partial charge in [0, 0.05) is 51.9 Å². The lowest BCUT2D eigenvalue weighted by molar-refractivity contribution is 0.0529. The van der Waals surface area contributed by atoms with Crippen molar-refractivity contribution in [2.75, 3.05) is 44.7 Å². The Labute approximate surface area is 196 Å². The van der Waals surface area contributed by atoms with E-state index in [2.05, 4.69) is 74.5 Å². The summed E-state index contributed by atoms with van der Waals surface area (Å²) >= 11 is 0. The van der Waals surface area contributed by atoms with E-state index < -0.39 is 0 Å². The van der Waals surface area contributed by atoms with E-state index in [1.165, 1.54) is 12.0 Å². The lowest BCUT2D eigenvalue weighted by Gasteiger charge is -2.32. The molecule has 2 atom stereocenters. The number of hydrogen-bond acceptors (Lipinski definition) is 4. The van der Waals surface area contributed by atoms with Crippen molar-refractivity contribution >= 4 is 35.8 Å². The highest BCUT2D eigenvalue weighted by molar-refractivity contribution is 14.0. The molecule has 2 fully saturated rings. The van der Waals surface area contributed by atoms with Crippen molar-refractivity contribution in [2.45, 2.75) is 31.9 Å². The Bertz CT molecular complexity index is 814. The fraction of sp³-hybridized carbons (Fsp3) is 0.478. The number of nitrogens with zero attached hydrogens (tertiary/aromatic N) is 4. The number of hydrogen-bond donors (Lipinski definition) is 1. The van der Waals surface area contributed by atoms with Crippen molar-refractivity contribution < 1.29 is 4.74 Å². The number of anilines is 1. The fourth-order valence-corrected chi connectivity index (χ4v) is 4.20. The zero-order chi connectivity index (χ0) is 20.1. The molecule has 2 aliphatic heterocycles. The van der Waals surface area contributed by atoms with E-state index in [0.29, 0.717) is 5.92 Å². The molecule has 0 amide bonds. The highest BCUT2D eigenvalue weighted by Crippen LogP contribution is 2.26. The van der Waals surface area contributed by atoms with E-state index in [1.807, 2.05) is 13.2 Å². The SMILES string of the molecule is CN=C(NCc1ccc(N2CCOC(C)C2)nc1)N1CCC(c2ccccc2)C1.I. The maximum absolute atomic E-state index is 5.62. The number of aromatic nitrogens is 1. The summed E-state index contributed by atoms with van der Waals surface area (Å²) in [5.41, 5.74) is 2.58. The molecule has 2 saturated heterocycles. The van der Waals surface area contributed by atoms with Crippen molar-refractivity contribution in [3.8, 4) is 0 Å². The van der Waals surface area contributed by atoms with Crippen LogP contribution in [0, 0.1) is 0 Å². The lowest BCUT2D eigenvalue weighted by Crippen LogP contribution is -2.41. The quantitative estimate of drug-likeness (QED) is 0.380. The van der Waals surface area contributed by atoms with Gasteiger partial charge in [0.15, 0.2) is 5.96 Å². The number of pyridine rings is 1. The molecule has 0 bridgehead atoms. The molecule has 30 heavy (non-hydrogen) atoms. The summed E-state index contributed by atoms with van der Waals surface area (Å²) in [5.74, 6) is 2.57. The van der Waals surface area contributed by atoms with Crippen LogP contribution in [0.25, 0.3) is 0 Å². The first kappa shape index (κ1) is 22.8. The number of halogens is 1. The average molecular weight is 521 g/mol. The molecular formula is C23H32IN5O. The molecule has 2 aromatic rings. The van der Waals surface area contributed by atoms with Gasteiger partial charge in [-0.2, -0.15) is 0 Å². The van der Waals surface area contributed by atoms with Gasteiger partial charge in [0.05, 0.1) is 12.7 Å². The fourth-order valence-electron chi connectivity index (χ4n) is 4.20. The van der Waals surface area contributed by atoms with Gasteiger partial charge in [-0.3, -0.25) is 4.99 Å². The monoisotopic (exact) mass is 521 g/mol. The number of ether oxygens (including phenoxy) is 1. The first-order chi connectivity index (χ1) is 14.2. The van der Waals surface area contributed by atoms with Crippen LogP contribution in [0.2, 0.25) is 0 Å². The number of aliphatic imine (C=N–C) groups is 1. The van der Waals surface area contributed by atoms with Crippen molar-refractivity contribution in [3.63, 3.8) is 0 Å². The summed E-state index contributed by atoms with van der Waals surface area (Å²) in [7, 11) is 1.86. The molecule has 3 heterocycles. The third-order valence-electron chi connectivity index (χ3n) is 5.80. The Morgan fingerprint density at radius 3 is 2.70 bits per heavy atom. The molecule has 1 aromatic heterocycles. The number of rotatable bonds is 4. The van der Waals surface area contributed by atoms with Gasteiger partial charge in [0.25, 0.3) is 0 Å². The van der Waals surface area contributed by atoms with Gasteiger partial charge in [-0.25, -0.2) is 4.98 Å². The largest absolute Gasteiger partial charge is 0.375 e. The Balaban J connectivity index is 0.00000256. The van der Waals surface area contributed by atoms with Gasteiger partial charge in [-0.1, -0.05) is 36.4 Å². The first-order valence-corrected chi connectivity index (χ1v) is 10.5. The van der Waals surface area contributed by atoms with Gasteiger partial charge < -0.3 is 19.9 Å². The summed E-state index contributed by atoms with van der Waals surface area (Å²) in [6, 6.07) is 15.0. The highest BCUT2D eigenvalue weighted by atomic mass is 127. The minimum absolute atomic E-state index is 0. The van der Waals surface area contributed by atoms with Gasteiger partial charge >= 0.3 is 0 Å². The highest BCUT2D eigenvalue weighted by Gasteiger charge is 2.25. The van der Waals surface area contributed by atoms with E-state index in [9.17, 15) is 0 Å². The summed E-state index contributed by atoms with van der Waals surface area (Å²) in [6.07, 6.45) is 3.39. The van der Waals surface area contributed by atoms with Crippen LogP contribution >= 0.6 is 24.0 Å². The topological polar surface area (TPSA) is 53.0 Å². The summed E-state index contributed by atoms with van der Waals surface area (Å²) in [4.78, 5) is 13.8. The van der Waals surface area contributed by atoms with Gasteiger partial charge in [-0.15, -0.1) is 24.0 Å². The number of nitrogens with one attached hydrogen (secondary N) is 1. The van der Waals surface area contributed by atoms with Gasteiger partial charge in [-0.05, 0) is 30.5 Å². The van der Waals surface area contributed by atoms with E-state index in [-0.39, 0.29) is 30.1 Å². The Morgan fingerprint density at radius 2 is 2.00 bits per heavy atom. The van der Waals surface area contributed by atoms with Crippen LogP contribution in [0.4, 0.5) is 5.82 Å². The zero-order valence-corrected chi connectivity index (χ0v) is 20.2. The predicted octanol–water partition coefficient (Wildman–Crippen LogP) is 3.49. The lowest BCUT2D eigenvalue weighted by atomic mass is 9.99. The summed E-state index contributed by atoms with van der Waals surface area (Å²) < 4.78 is 5.62. The van der Waals surface area contributed by atoms with Crippen LogP contribution in [0.15, 0.2) is 53.7 Å². The second-order valence-corrected chi connectivity index (χ2v) is 7.90. The summed E-state index contributed by atoms with van der Waals surface area (Å²) in [5, 5.41) is 3.51. The second kappa shape index (κ2) is 10.9. The Hall–Kier alpha value is -1.87. The standard InChI is InChI=1S/C23H31N5O.HI/c1-18-16-27(12-13-29-18)22-9-8-19(14-25-22)15-26-23(24-2)28-11-10-21(17-28)20-6-4-3-5-7-20;/h3-9,14,18,21H,10-13,15-17H2,1-2H3,(H,24,26);1H. The Morgan fingerprint density at radius 1 is 1.17 bits per heavy atom. The molecule has 7 heteroatoms. The Kier molecular flexibility index (Phi) is 8.32. The van der Waals surface area contributed by atoms with Crippen LogP contribution in [-0.4, -0.2) is 61.8 Å². The molecular weight excluding hydrogens is 489 g/mol. The second-order valence-electron chi connectivity index (χ2n) is 7.90. The average Bonchev–Trinajstić information content (AvgIpc) is 3.25. The van der Waals surface area contributed by atoms with E-state index in [0.717, 1.165) is 56.7 Å². The van der Waals surface area contributed by atoms with E-state index >= 15 is 0 Å². The molecule has 0 aliphatic carbocycles. The van der Waals surface area contributed by atoms with Crippen LogP contribution in [-0.2, 0) is 11.3 Å². The van der Waals surface area contributed by atoms with E-state index in [1.54, 1.807) is 0 Å². The van der Waals surface area contributed by atoms with Gasteiger partial charge in [0.1, 0.15) is 5.82 Å². The molecule has 162 valence electrons. The minimum atomic E-state index is 0. The third kappa shape index (κ3) is 5.63. The van der Waals surface area contributed by atoms with Crippen molar-refractivity contribution in [3.05, 3.63) is 59.8 Å². The molecule has 4 rings (SSSR count). The molecule has 1 aromatic carbocycles. The van der Waals surface area contributed by atoms with Crippen LogP contribution < -0.4 is 10.2 Å². The van der Waals surface area contributed by atoms with Crippen LogP contribution in [0.3, 0.4) is 0 Å². The molecule has 0 spiro atoms. The number of benzene rings is 1. The third-order valence-corrected chi connectivity index (χ3v) is 5.80. The minimum Gasteiger partial charge on any atom is -0.375 e. The number of likely N-dealkylation sites (tertiary alicyclic amines) is 1. The normalized spacial score (nSPS) is 22.0. The number of guanidine groups is 1. The summed E-state index contributed by atoms with van der Waals surface area (Å²) in [6.45, 7) is 7.45. The molecule has 2 aliphatic rings. The van der Waals surface area contributed by atoms with Crippen LogP contribution in [0.5, 0.6) is 0 Å². The molecule has 0 radical (unpaired) electrons. The van der Waals surface area contributed by atoms with Crippen molar-refractivity contribution in [2.24, 2.45) is 4.99 Å². The predicted molar refractivity (Wildman–Crippen MR) is 133 cm³/mol. The maximum atomic E-state index is 5.62. The van der Waals surface area contributed by atoms with Crippen LogP contribution in [0.1, 0.15) is 30.4 Å². The molecule has 6 nitrogen and oxygen atoms in total. The number of morpholine rings is 1. The first-order valence-electron chi connectivity index (χ1n) is 10.5.